The fourth-order valence-corrected chi connectivity index (χ4v) is 10.3. The molecule has 0 unspecified atom stereocenters. The topological polar surface area (TPSA) is 22.9 Å². The van der Waals surface area contributed by atoms with Gasteiger partial charge in [-0.1, -0.05) is 115 Å². The molecule has 0 amide bonds. The number of benzene rings is 10. The summed E-state index contributed by atoms with van der Waals surface area (Å²) in [7, 11) is 0. The van der Waals surface area contributed by atoms with E-state index >= 15 is 0 Å². The number of rotatable bonds is 10. The van der Waals surface area contributed by atoms with Crippen molar-refractivity contribution in [1.29, 1.82) is 0 Å². The van der Waals surface area contributed by atoms with Gasteiger partial charge >= 0.3 is 0 Å². The molecule has 65 heavy (non-hydrogen) atoms. The number of fused-ring (bicyclic) bond motifs is 6. The maximum absolute atomic E-state index is 6.74. The quantitative estimate of drug-likeness (QED) is 0.137. The fourth-order valence-electron chi connectivity index (χ4n) is 9.18. The molecule has 4 nitrogen and oxygen atoms in total. The standard InChI is InChI=1S/C60H41N3OS/c1-6-18-44(19-7-1)61(45-20-8-2-9-21-45)51-36-43(37-52(39-51)62(46-22-10-3-11-23-46)47-24-12-4-13-25-47)42-30-34-57-55(38-42)53-33-31-50(41-58(53)64-57)63(48-26-14-5-15-27-48)49-32-35-60-56(40-49)54-28-16-17-29-59(54)65-60/h1-41H. The van der Waals surface area contributed by atoms with Gasteiger partial charge in [0.15, 0.2) is 0 Å². The van der Waals surface area contributed by atoms with Crippen molar-refractivity contribution in [2.75, 3.05) is 14.7 Å². The summed E-state index contributed by atoms with van der Waals surface area (Å²) in [6.07, 6.45) is 0. The Balaban J connectivity index is 1.01. The molecule has 5 heteroatoms. The Labute approximate surface area is 381 Å². The second-order valence-electron chi connectivity index (χ2n) is 16.2. The SMILES string of the molecule is c1ccc(N(c2ccccc2)c2cc(-c3ccc4oc5cc(N(c6ccccc6)c6ccc7sc8ccccc8c7c6)ccc5c4c3)cc(N(c3ccccc3)c3ccccc3)c2)cc1. The van der Waals surface area contributed by atoms with Crippen molar-refractivity contribution < 1.29 is 4.42 Å². The van der Waals surface area contributed by atoms with Crippen LogP contribution < -0.4 is 14.7 Å². The lowest BCUT2D eigenvalue weighted by atomic mass is 10.00. The first kappa shape index (κ1) is 38.3. The van der Waals surface area contributed by atoms with Gasteiger partial charge in [-0.3, -0.25) is 0 Å². The molecule has 10 aromatic carbocycles. The lowest BCUT2D eigenvalue weighted by Crippen LogP contribution is -2.13. The van der Waals surface area contributed by atoms with E-state index in [1.165, 1.54) is 20.2 Å². The average Bonchev–Trinajstić information content (AvgIpc) is 3.93. The minimum atomic E-state index is 0.839. The first-order valence-electron chi connectivity index (χ1n) is 21.9. The zero-order chi connectivity index (χ0) is 43.1. The largest absolute Gasteiger partial charge is 0.456 e. The van der Waals surface area contributed by atoms with Crippen molar-refractivity contribution in [3.05, 3.63) is 249 Å². The lowest BCUT2D eigenvalue weighted by Gasteiger charge is -2.30. The highest BCUT2D eigenvalue weighted by atomic mass is 32.1. The van der Waals surface area contributed by atoms with Crippen LogP contribution in [0.3, 0.4) is 0 Å². The molecule has 0 fully saturated rings. The number of nitrogens with zero attached hydrogens (tertiary/aromatic N) is 3. The van der Waals surface area contributed by atoms with Crippen LogP contribution in [0.5, 0.6) is 0 Å². The Bertz CT molecular complexity index is 3430. The lowest BCUT2D eigenvalue weighted by molar-refractivity contribution is 0.669. The molecule has 0 saturated carbocycles. The van der Waals surface area contributed by atoms with E-state index in [1.807, 2.05) is 11.3 Å². The third-order valence-electron chi connectivity index (χ3n) is 12.2. The second kappa shape index (κ2) is 16.4. The van der Waals surface area contributed by atoms with Gasteiger partial charge in [0.25, 0.3) is 0 Å². The Kier molecular flexibility index (Phi) is 9.66. The summed E-state index contributed by atoms with van der Waals surface area (Å²) in [5.41, 5.74) is 13.5. The molecule has 2 heterocycles. The molecule has 0 aliphatic rings. The summed E-state index contributed by atoms with van der Waals surface area (Å²) >= 11 is 1.84. The monoisotopic (exact) mass is 851 g/mol. The minimum absolute atomic E-state index is 0.839. The van der Waals surface area contributed by atoms with Gasteiger partial charge in [-0.05, 0) is 139 Å². The van der Waals surface area contributed by atoms with Crippen LogP contribution in [0.1, 0.15) is 0 Å². The summed E-state index contributed by atoms with van der Waals surface area (Å²) in [5, 5.41) is 4.68. The van der Waals surface area contributed by atoms with Crippen molar-refractivity contribution in [3.63, 3.8) is 0 Å². The van der Waals surface area contributed by atoms with Crippen LogP contribution in [-0.2, 0) is 0 Å². The first-order chi connectivity index (χ1) is 32.2. The smallest absolute Gasteiger partial charge is 0.137 e. The second-order valence-corrected chi connectivity index (χ2v) is 17.3. The fraction of sp³-hybridized carbons (Fsp3) is 0. The van der Waals surface area contributed by atoms with Crippen molar-refractivity contribution in [3.8, 4) is 11.1 Å². The van der Waals surface area contributed by atoms with E-state index in [2.05, 4.69) is 263 Å². The molecule has 0 spiro atoms. The Morgan fingerprint density at radius 1 is 0.246 bits per heavy atom. The van der Waals surface area contributed by atoms with Crippen molar-refractivity contribution in [2.45, 2.75) is 0 Å². The molecular formula is C60H41N3OS. The summed E-state index contributed by atoms with van der Waals surface area (Å²) in [6, 6.07) is 88.7. The van der Waals surface area contributed by atoms with Crippen molar-refractivity contribution >= 4 is 105 Å². The van der Waals surface area contributed by atoms with E-state index in [0.717, 1.165) is 84.3 Å². The van der Waals surface area contributed by atoms with Gasteiger partial charge < -0.3 is 19.1 Å². The number of hydrogen-bond donors (Lipinski definition) is 0. The maximum Gasteiger partial charge on any atom is 0.137 e. The van der Waals surface area contributed by atoms with Crippen LogP contribution >= 0.6 is 11.3 Å². The van der Waals surface area contributed by atoms with E-state index in [4.69, 9.17) is 4.42 Å². The highest BCUT2D eigenvalue weighted by molar-refractivity contribution is 7.25. The van der Waals surface area contributed by atoms with Crippen molar-refractivity contribution in [2.24, 2.45) is 0 Å². The predicted octanol–water partition coefficient (Wildman–Crippen LogP) is 18.0. The van der Waals surface area contributed by atoms with Crippen LogP contribution in [0, 0.1) is 0 Å². The molecular weight excluding hydrogens is 811 g/mol. The number of thiophene rings is 1. The van der Waals surface area contributed by atoms with Gasteiger partial charge in [-0.2, -0.15) is 0 Å². The van der Waals surface area contributed by atoms with Crippen LogP contribution in [-0.4, -0.2) is 0 Å². The van der Waals surface area contributed by atoms with Crippen LogP contribution in [0.4, 0.5) is 51.2 Å². The molecule has 0 atom stereocenters. The van der Waals surface area contributed by atoms with Gasteiger partial charge in [0.2, 0.25) is 0 Å². The van der Waals surface area contributed by atoms with E-state index in [0.29, 0.717) is 0 Å². The average molecular weight is 852 g/mol. The number of hydrogen-bond acceptors (Lipinski definition) is 5. The molecule has 308 valence electrons. The zero-order valence-corrected chi connectivity index (χ0v) is 36.1. The Morgan fingerprint density at radius 2 is 0.708 bits per heavy atom. The van der Waals surface area contributed by atoms with Gasteiger partial charge in [0.05, 0.1) is 0 Å². The maximum atomic E-state index is 6.74. The molecule has 2 aromatic heterocycles. The number of furan rings is 1. The van der Waals surface area contributed by atoms with Crippen LogP contribution in [0.2, 0.25) is 0 Å². The number of para-hydroxylation sites is 5. The molecule has 0 radical (unpaired) electrons. The van der Waals surface area contributed by atoms with E-state index in [9.17, 15) is 0 Å². The highest BCUT2D eigenvalue weighted by Crippen LogP contribution is 2.45. The third kappa shape index (κ3) is 7.14. The third-order valence-corrected chi connectivity index (χ3v) is 13.3. The highest BCUT2D eigenvalue weighted by Gasteiger charge is 2.21. The Morgan fingerprint density at radius 3 is 1.26 bits per heavy atom. The molecule has 12 aromatic rings. The van der Waals surface area contributed by atoms with Gasteiger partial charge in [-0.25, -0.2) is 0 Å². The van der Waals surface area contributed by atoms with Gasteiger partial charge in [0.1, 0.15) is 11.2 Å². The van der Waals surface area contributed by atoms with Crippen molar-refractivity contribution in [1.82, 2.24) is 0 Å². The normalized spacial score (nSPS) is 11.4. The molecule has 0 aliphatic heterocycles. The summed E-state index contributed by atoms with van der Waals surface area (Å²) in [4.78, 5) is 7.00. The molecule has 0 bridgehead atoms. The minimum Gasteiger partial charge on any atom is -0.456 e. The van der Waals surface area contributed by atoms with Gasteiger partial charge in [0, 0.05) is 88.2 Å². The van der Waals surface area contributed by atoms with Crippen LogP contribution in [0.25, 0.3) is 53.2 Å². The molecule has 0 saturated heterocycles. The van der Waals surface area contributed by atoms with E-state index in [1.54, 1.807) is 0 Å². The summed E-state index contributed by atoms with van der Waals surface area (Å²) < 4.78 is 9.31. The predicted molar refractivity (Wildman–Crippen MR) is 276 cm³/mol. The molecule has 0 N–H and O–H groups in total. The van der Waals surface area contributed by atoms with Gasteiger partial charge in [-0.15, -0.1) is 11.3 Å². The Hall–Kier alpha value is -8.38. The van der Waals surface area contributed by atoms with E-state index in [-0.39, 0.29) is 0 Å². The summed E-state index contributed by atoms with van der Waals surface area (Å²) in [6.45, 7) is 0. The van der Waals surface area contributed by atoms with E-state index < -0.39 is 0 Å². The van der Waals surface area contributed by atoms with Crippen LogP contribution in [0.15, 0.2) is 253 Å². The first-order valence-corrected chi connectivity index (χ1v) is 22.7. The zero-order valence-electron chi connectivity index (χ0n) is 35.3. The number of anilines is 9. The molecule has 0 aliphatic carbocycles. The summed E-state index contributed by atoms with van der Waals surface area (Å²) in [5.74, 6) is 0. The molecule has 12 rings (SSSR count).